The summed E-state index contributed by atoms with van der Waals surface area (Å²) < 4.78 is 4.18. The van der Waals surface area contributed by atoms with Gasteiger partial charge in [-0.05, 0) is 50.5 Å². The molecule has 0 saturated heterocycles. The Morgan fingerprint density at radius 3 is 2.64 bits per heavy atom. The smallest absolute Gasteiger partial charge is 0.258 e. The quantitative estimate of drug-likeness (QED) is 0.942. The Morgan fingerprint density at radius 2 is 2.05 bits per heavy atom. The van der Waals surface area contributed by atoms with E-state index < -0.39 is 0 Å². The fourth-order valence-corrected chi connectivity index (χ4v) is 2.79. The fourth-order valence-electron chi connectivity index (χ4n) is 2.09. The summed E-state index contributed by atoms with van der Waals surface area (Å²) >= 11 is 1.31. The van der Waals surface area contributed by atoms with Gasteiger partial charge in [0.2, 0.25) is 0 Å². The zero-order valence-corrected chi connectivity index (χ0v) is 14.0. The topological polar surface area (TPSA) is 62.3 Å². The van der Waals surface area contributed by atoms with E-state index in [2.05, 4.69) is 9.69 Å². The molecule has 1 aromatic carbocycles. The summed E-state index contributed by atoms with van der Waals surface area (Å²) in [4.78, 5) is 27.0. The third-order valence-electron chi connectivity index (χ3n) is 3.45. The number of anilines is 1. The van der Waals surface area contributed by atoms with Gasteiger partial charge in [0, 0.05) is 29.7 Å². The van der Waals surface area contributed by atoms with E-state index in [1.165, 1.54) is 11.5 Å². The van der Waals surface area contributed by atoms with Crippen LogP contribution in [-0.4, -0.2) is 34.7 Å². The average Bonchev–Trinajstić information content (AvgIpc) is 2.85. The lowest BCUT2D eigenvalue weighted by atomic mass is 10.1. The van der Waals surface area contributed by atoms with E-state index in [0.717, 1.165) is 10.6 Å². The maximum absolute atomic E-state index is 12.3. The van der Waals surface area contributed by atoms with Crippen LogP contribution in [0.5, 0.6) is 0 Å². The first-order chi connectivity index (χ1) is 10.4. The highest BCUT2D eigenvalue weighted by atomic mass is 32.1. The molecule has 1 heterocycles. The Labute approximate surface area is 134 Å². The Bertz CT molecular complexity index is 690. The molecule has 1 aromatic heterocycles. The van der Waals surface area contributed by atoms with E-state index >= 15 is 0 Å². The third kappa shape index (κ3) is 3.33. The van der Waals surface area contributed by atoms with Crippen molar-refractivity contribution in [2.24, 2.45) is 0 Å². The Balaban J connectivity index is 2.21. The second-order valence-corrected chi connectivity index (χ2v) is 6.03. The minimum Gasteiger partial charge on any atom is -0.342 e. The first kappa shape index (κ1) is 16.2. The molecule has 2 aromatic rings. The summed E-state index contributed by atoms with van der Waals surface area (Å²) in [5, 5.41) is 2.84. The number of amides is 2. The number of carbonyl (C=O) groups excluding carboxylic acids is 2. The van der Waals surface area contributed by atoms with Crippen molar-refractivity contribution in [1.82, 2.24) is 9.27 Å². The van der Waals surface area contributed by atoms with E-state index in [1.54, 1.807) is 36.2 Å². The van der Waals surface area contributed by atoms with E-state index in [9.17, 15) is 9.59 Å². The van der Waals surface area contributed by atoms with Crippen molar-refractivity contribution in [1.29, 1.82) is 0 Å². The molecule has 0 bridgehead atoms. The highest BCUT2D eigenvalue weighted by molar-refractivity contribution is 7.06. The molecular formula is C16H19N3O2S. The Morgan fingerprint density at radius 1 is 1.32 bits per heavy atom. The molecule has 0 radical (unpaired) electrons. The second-order valence-electron chi connectivity index (χ2n) is 5.05. The lowest BCUT2D eigenvalue weighted by Crippen LogP contribution is -2.26. The van der Waals surface area contributed by atoms with Crippen molar-refractivity contribution >= 4 is 29.0 Å². The molecule has 22 heavy (non-hydrogen) atoms. The molecule has 2 rings (SSSR count). The first-order valence-electron chi connectivity index (χ1n) is 7.03. The van der Waals surface area contributed by atoms with Crippen LogP contribution in [0.4, 0.5) is 5.69 Å². The van der Waals surface area contributed by atoms with Gasteiger partial charge in [0.05, 0.1) is 11.3 Å². The number of aromatic nitrogens is 1. The summed E-state index contributed by atoms with van der Waals surface area (Å²) in [6.45, 7) is 6.23. The molecule has 2 amide bonds. The third-order valence-corrected chi connectivity index (χ3v) is 4.29. The molecule has 0 fully saturated rings. The van der Waals surface area contributed by atoms with E-state index in [0.29, 0.717) is 23.4 Å². The normalized spacial score (nSPS) is 10.4. The molecule has 0 spiro atoms. The number of benzene rings is 1. The van der Waals surface area contributed by atoms with Crippen LogP contribution < -0.4 is 5.32 Å². The van der Waals surface area contributed by atoms with Crippen LogP contribution >= 0.6 is 11.5 Å². The van der Waals surface area contributed by atoms with Gasteiger partial charge in [-0.1, -0.05) is 6.07 Å². The van der Waals surface area contributed by atoms with Crippen molar-refractivity contribution in [2.75, 3.05) is 18.9 Å². The number of rotatable bonds is 4. The molecule has 0 aliphatic rings. The molecule has 116 valence electrons. The van der Waals surface area contributed by atoms with Crippen LogP contribution in [-0.2, 0) is 0 Å². The molecular weight excluding hydrogens is 298 g/mol. The largest absolute Gasteiger partial charge is 0.342 e. The summed E-state index contributed by atoms with van der Waals surface area (Å²) in [5.41, 5.74) is 2.48. The predicted molar refractivity (Wildman–Crippen MR) is 88.6 cm³/mol. The van der Waals surface area contributed by atoms with E-state index in [4.69, 9.17) is 0 Å². The molecule has 0 saturated carbocycles. The SMILES string of the molecule is CCN(C)C(=O)c1cccc(NC(=O)c2c(C)nsc2C)c1. The number of carbonyl (C=O) groups is 2. The molecule has 0 aliphatic carbocycles. The molecule has 6 heteroatoms. The highest BCUT2D eigenvalue weighted by Gasteiger charge is 2.16. The van der Waals surface area contributed by atoms with Gasteiger partial charge in [-0.3, -0.25) is 9.59 Å². The summed E-state index contributed by atoms with van der Waals surface area (Å²) in [6.07, 6.45) is 0. The maximum atomic E-state index is 12.3. The first-order valence-corrected chi connectivity index (χ1v) is 7.81. The zero-order chi connectivity index (χ0) is 16.3. The summed E-state index contributed by atoms with van der Waals surface area (Å²) in [7, 11) is 1.75. The van der Waals surface area contributed by atoms with Crippen LogP contribution in [0.3, 0.4) is 0 Å². The van der Waals surface area contributed by atoms with Crippen molar-refractivity contribution in [3.63, 3.8) is 0 Å². The second kappa shape index (κ2) is 6.70. The molecule has 1 N–H and O–H groups in total. The van der Waals surface area contributed by atoms with Crippen molar-refractivity contribution in [3.8, 4) is 0 Å². The minimum absolute atomic E-state index is 0.0665. The van der Waals surface area contributed by atoms with Crippen molar-refractivity contribution in [2.45, 2.75) is 20.8 Å². The van der Waals surface area contributed by atoms with Gasteiger partial charge < -0.3 is 10.2 Å². The van der Waals surface area contributed by atoms with Crippen LogP contribution in [0, 0.1) is 13.8 Å². The van der Waals surface area contributed by atoms with Gasteiger partial charge in [-0.2, -0.15) is 4.37 Å². The molecule has 0 atom stereocenters. The number of aryl methyl sites for hydroxylation is 2. The maximum Gasteiger partial charge on any atom is 0.258 e. The zero-order valence-electron chi connectivity index (χ0n) is 13.1. The van der Waals surface area contributed by atoms with Crippen molar-refractivity contribution < 1.29 is 9.59 Å². The van der Waals surface area contributed by atoms with Gasteiger partial charge in [-0.15, -0.1) is 0 Å². The molecule has 0 unspecified atom stereocenters. The highest BCUT2D eigenvalue weighted by Crippen LogP contribution is 2.19. The monoisotopic (exact) mass is 317 g/mol. The fraction of sp³-hybridized carbons (Fsp3) is 0.312. The standard InChI is InChI=1S/C16H19N3O2S/c1-5-19(4)16(21)12-7-6-8-13(9-12)17-15(20)14-10(2)18-22-11(14)3/h6-9H,5H2,1-4H3,(H,17,20). The van der Waals surface area contributed by atoms with Gasteiger partial charge in [0.1, 0.15) is 0 Å². The predicted octanol–water partition coefficient (Wildman–Crippen LogP) is 3.10. The van der Waals surface area contributed by atoms with E-state index in [1.807, 2.05) is 20.8 Å². The summed E-state index contributed by atoms with van der Waals surface area (Å²) in [5.74, 6) is -0.264. The van der Waals surface area contributed by atoms with Gasteiger partial charge in [0.25, 0.3) is 11.8 Å². The van der Waals surface area contributed by atoms with Gasteiger partial charge in [0.15, 0.2) is 0 Å². The van der Waals surface area contributed by atoms with Crippen LogP contribution in [0.2, 0.25) is 0 Å². The summed E-state index contributed by atoms with van der Waals surface area (Å²) in [6, 6.07) is 6.96. The number of nitrogens with zero attached hydrogens (tertiary/aromatic N) is 2. The number of nitrogens with one attached hydrogen (secondary N) is 1. The van der Waals surface area contributed by atoms with Crippen LogP contribution in [0.15, 0.2) is 24.3 Å². The van der Waals surface area contributed by atoms with Crippen LogP contribution in [0.1, 0.15) is 38.2 Å². The number of hydrogen-bond donors (Lipinski definition) is 1. The van der Waals surface area contributed by atoms with Crippen LogP contribution in [0.25, 0.3) is 0 Å². The average molecular weight is 317 g/mol. The molecule has 5 nitrogen and oxygen atoms in total. The number of hydrogen-bond acceptors (Lipinski definition) is 4. The molecule has 0 aliphatic heterocycles. The lowest BCUT2D eigenvalue weighted by molar-refractivity contribution is 0.0802. The van der Waals surface area contributed by atoms with Gasteiger partial charge >= 0.3 is 0 Å². The Hall–Kier alpha value is -2.21. The van der Waals surface area contributed by atoms with E-state index in [-0.39, 0.29) is 11.8 Å². The van der Waals surface area contributed by atoms with Gasteiger partial charge in [-0.25, -0.2) is 0 Å². The Kier molecular flexibility index (Phi) is 4.92. The lowest BCUT2D eigenvalue weighted by Gasteiger charge is -2.15. The minimum atomic E-state index is -0.197. The van der Waals surface area contributed by atoms with Crippen molar-refractivity contribution in [3.05, 3.63) is 46.0 Å².